The van der Waals surface area contributed by atoms with Crippen molar-refractivity contribution in [2.45, 2.75) is 11.8 Å². The molecule has 3 aromatic carbocycles. The molecule has 0 unspecified atom stereocenters. The number of benzene rings is 3. The zero-order chi connectivity index (χ0) is 24.6. The molecule has 0 aromatic heterocycles. The highest BCUT2D eigenvalue weighted by Crippen LogP contribution is 2.40. The molecule has 1 aliphatic rings. The summed E-state index contributed by atoms with van der Waals surface area (Å²) in [6, 6.07) is 13.6. The highest BCUT2D eigenvalue weighted by atomic mass is 32.2. The first-order valence-electron chi connectivity index (χ1n) is 10.0. The summed E-state index contributed by atoms with van der Waals surface area (Å²) in [4.78, 5) is 37.7. The van der Waals surface area contributed by atoms with Crippen LogP contribution in [0.5, 0.6) is 0 Å². The van der Waals surface area contributed by atoms with E-state index in [9.17, 15) is 27.4 Å². The van der Waals surface area contributed by atoms with Crippen molar-refractivity contribution in [3.8, 4) is 0 Å². The van der Waals surface area contributed by atoms with E-state index in [0.717, 1.165) is 6.07 Å². The van der Waals surface area contributed by atoms with Crippen molar-refractivity contribution < 1.29 is 27.4 Å². The summed E-state index contributed by atoms with van der Waals surface area (Å²) < 4.78 is 33.7. The number of allylic oxidation sites excluding steroid dienone is 1. The number of nitrogens with one attached hydrogen (secondary N) is 2. The standard InChI is InChI=1S/C24H19N3O6S/c1-2-6-19(28)27-14-8-5-7-13(11-14)26-17-12-18(34(31,32)33)22(25)21-20(17)23(29)15-9-3-4-10-16(15)24(21)30/h2-12,26H,25H2,1H3,(H,27,28)(H,31,32,33). The Kier molecular flexibility index (Phi) is 5.78. The van der Waals surface area contributed by atoms with E-state index in [1.807, 2.05) is 0 Å². The van der Waals surface area contributed by atoms with Crippen molar-refractivity contribution in [2.24, 2.45) is 0 Å². The Labute approximate surface area is 195 Å². The molecule has 1 aliphatic carbocycles. The maximum atomic E-state index is 13.3. The van der Waals surface area contributed by atoms with E-state index in [2.05, 4.69) is 10.6 Å². The van der Waals surface area contributed by atoms with Crippen LogP contribution in [0, 0.1) is 0 Å². The summed E-state index contributed by atoms with van der Waals surface area (Å²) in [7, 11) is -4.82. The van der Waals surface area contributed by atoms with Crippen LogP contribution in [0.2, 0.25) is 0 Å². The van der Waals surface area contributed by atoms with Gasteiger partial charge in [0.2, 0.25) is 5.91 Å². The Bertz CT molecular complexity index is 1510. The summed E-state index contributed by atoms with van der Waals surface area (Å²) in [6.45, 7) is 1.70. The first kappa shape index (κ1) is 22.9. The summed E-state index contributed by atoms with van der Waals surface area (Å²) in [5.41, 5.74) is 6.05. The molecule has 4 rings (SSSR count). The average molecular weight is 477 g/mol. The van der Waals surface area contributed by atoms with E-state index in [0.29, 0.717) is 11.4 Å². The minimum Gasteiger partial charge on any atom is -0.397 e. The number of carbonyl (C=O) groups is 3. The molecule has 0 saturated carbocycles. The van der Waals surface area contributed by atoms with Gasteiger partial charge in [0.1, 0.15) is 4.90 Å². The Hall–Kier alpha value is -4.28. The fraction of sp³-hybridized carbons (Fsp3) is 0.0417. The lowest BCUT2D eigenvalue weighted by Gasteiger charge is -2.23. The number of hydrogen-bond donors (Lipinski definition) is 4. The van der Waals surface area contributed by atoms with E-state index in [4.69, 9.17) is 5.73 Å². The number of nitrogens with two attached hydrogens (primary N) is 1. The van der Waals surface area contributed by atoms with Crippen LogP contribution in [-0.4, -0.2) is 30.4 Å². The summed E-state index contributed by atoms with van der Waals surface area (Å²) in [5, 5.41) is 5.59. The number of anilines is 4. The van der Waals surface area contributed by atoms with E-state index in [-0.39, 0.29) is 33.8 Å². The van der Waals surface area contributed by atoms with Crippen molar-refractivity contribution in [3.05, 3.63) is 89.0 Å². The van der Waals surface area contributed by atoms with Crippen LogP contribution in [0.25, 0.3) is 0 Å². The lowest BCUT2D eigenvalue weighted by molar-refractivity contribution is -0.111. The maximum Gasteiger partial charge on any atom is 0.296 e. The Morgan fingerprint density at radius 3 is 2.18 bits per heavy atom. The molecule has 3 aromatic rings. The van der Waals surface area contributed by atoms with Gasteiger partial charge in [-0.1, -0.05) is 36.4 Å². The highest BCUT2D eigenvalue weighted by Gasteiger charge is 2.36. The van der Waals surface area contributed by atoms with Gasteiger partial charge in [-0.15, -0.1) is 0 Å². The second kappa shape index (κ2) is 8.58. The van der Waals surface area contributed by atoms with E-state index in [1.54, 1.807) is 49.4 Å². The van der Waals surface area contributed by atoms with Crippen molar-refractivity contribution >= 4 is 50.3 Å². The van der Waals surface area contributed by atoms with Crippen LogP contribution in [0.1, 0.15) is 38.8 Å². The first-order valence-corrected chi connectivity index (χ1v) is 11.5. The number of carbonyl (C=O) groups excluding carboxylic acids is 3. The number of amides is 1. The summed E-state index contributed by atoms with van der Waals surface area (Å²) >= 11 is 0. The molecule has 34 heavy (non-hydrogen) atoms. The average Bonchev–Trinajstić information content (AvgIpc) is 2.78. The van der Waals surface area contributed by atoms with Gasteiger partial charge >= 0.3 is 0 Å². The minimum absolute atomic E-state index is 0.0402. The first-order chi connectivity index (χ1) is 16.1. The van der Waals surface area contributed by atoms with Crippen LogP contribution in [-0.2, 0) is 14.9 Å². The summed E-state index contributed by atoms with van der Waals surface area (Å²) in [6.07, 6.45) is 2.92. The molecule has 10 heteroatoms. The van der Waals surface area contributed by atoms with Gasteiger partial charge < -0.3 is 16.4 Å². The molecule has 0 spiro atoms. The number of rotatable bonds is 5. The smallest absolute Gasteiger partial charge is 0.296 e. The third-order valence-electron chi connectivity index (χ3n) is 5.21. The number of hydrogen-bond acceptors (Lipinski definition) is 7. The maximum absolute atomic E-state index is 13.3. The van der Waals surface area contributed by atoms with Gasteiger partial charge in [-0.3, -0.25) is 18.9 Å². The molecule has 0 bridgehead atoms. The van der Waals surface area contributed by atoms with Gasteiger partial charge in [-0.25, -0.2) is 0 Å². The van der Waals surface area contributed by atoms with Crippen molar-refractivity contribution in [2.75, 3.05) is 16.4 Å². The third kappa shape index (κ3) is 4.07. The van der Waals surface area contributed by atoms with Crippen molar-refractivity contribution in [1.82, 2.24) is 0 Å². The Morgan fingerprint density at radius 1 is 0.941 bits per heavy atom. The van der Waals surface area contributed by atoms with Crippen molar-refractivity contribution in [1.29, 1.82) is 0 Å². The van der Waals surface area contributed by atoms with Crippen LogP contribution in [0.15, 0.2) is 71.6 Å². The van der Waals surface area contributed by atoms with Gasteiger partial charge in [0.05, 0.1) is 22.5 Å². The van der Waals surface area contributed by atoms with Crippen LogP contribution in [0.3, 0.4) is 0 Å². The number of nitrogen functional groups attached to an aromatic ring is 1. The predicted octanol–water partition coefficient (Wildman–Crippen LogP) is 3.55. The Balaban J connectivity index is 1.88. The quantitative estimate of drug-likeness (QED) is 0.193. The molecule has 1 amide bonds. The van der Waals surface area contributed by atoms with Gasteiger partial charge in [0, 0.05) is 22.5 Å². The largest absolute Gasteiger partial charge is 0.397 e. The molecule has 172 valence electrons. The molecule has 0 heterocycles. The van der Waals surface area contributed by atoms with Gasteiger partial charge in [0.15, 0.2) is 11.6 Å². The minimum atomic E-state index is -4.82. The fourth-order valence-corrected chi connectivity index (χ4v) is 4.42. The predicted molar refractivity (Wildman–Crippen MR) is 127 cm³/mol. The molecular formula is C24H19N3O6S. The van der Waals surface area contributed by atoms with Gasteiger partial charge in [-0.2, -0.15) is 8.42 Å². The summed E-state index contributed by atoms with van der Waals surface area (Å²) in [5.74, 6) is -1.52. The molecular weight excluding hydrogens is 458 g/mol. The normalized spacial score (nSPS) is 12.9. The third-order valence-corrected chi connectivity index (χ3v) is 6.10. The van der Waals surface area contributed by atoms with E-state index in [1.165, 1.54) is 18.2 Å². The fourth-order valence-electron chi connectivity index (χ4n) is 3.77. The zero-order valence-electron chi connectivity index (χ0n) is 17.8. The van der Waals surface area contributed by atoms with Crippen LogP contribution in [0.4, 0.5) is 22.7 Å². The van der Waals surface area contributed by atoms with Gasteiger partial charge in [-0.05, 0) is 37.3 Å². The monoisotopic (exact) mass is 477 g/mol. The van der Waals surface area contributed by atoms with Crippen LogP contribution >= 0.6 is 0 Å². The van der Waals surface area contributed by atoms with E-state index >= 15 is 0 Å². The van der Waals surface area contributed by atoms with Gasteiger partial charge in [0.25, 0.3) is 10.1 Å². The molecule has 5 N–H and O–H groups in total. The van der Waals surface area contributed by atoms with E-state index < -0.39 is 32.3 Å². The number of fused-ring (bicyclic) bond motifs is 2. The van der Waals surface area contributed by atoms with Crippen molar-refractivity contribution in [3.63, 3.8) is 0 Å². The molecule has 0 atom stereocenters. The molecule has 0 saturated heterocycles. The number of ketones is 2. The second-order valence-electron chi connectivity index (χ2n) is 7.46. The SMILES string of the molecule is CC=CC(=O)Nc1cccc(Nc2cc(S(=O)(=O)O)c(N)c3c2C(=O)c2ccccc2C3=O)c1. The molecule has 0 fully saturated rings. The molecule has 0 aliphatic heterocycles. The van der Waals surface area contributed by atoms with Crippen LogP contribution < -0.4 is 16.4 Å². The lowest BCUT2D eigenvalue weighted by Crippen LogP contribution is -2.25. The zero-order valence-corrected chi connectivity index (χ0v) is 18.6. The highest BCUT2D eigenvalue weighted by molar-refractivity contribution is 7.86. The molecule has 9 nitrogen and oxygen atoms in total. The molecule has 0 radical (unpaired) electrons. The lowest BCUT2D eigenvalue weighted by atomic mass is 9.82. The topological polar surface area (TPSA) is 156 Å². The Morgan fingerprint density at radius 2 is 1.56 bits per heavy atom. The second-order valence-corrected chi connectivity index (χ2v) is 8.85.